The van der Waals surface area contributed by atoms with E-state index in [1.54, 1.807) is 6.92 Å². The number of halogens is 4. The molecule has 32 heavy (non-hydrogen) atoms. The Morgan fingerprint density at radius 3 is 2.94 bits per heavy atom. The summed E-state index contributed by atoms with van der Waals surface area (Å²) in [7, 11) is 0. The molecule has 0 saturated heterocycles. The second-order valence-electron chi connectivity index (χ2n) is 8.27. The number of carbonyl (C=O) groups excluding carboxylic acids is 1. The zero-order valence-corrected chi connectivity index (χ0v) is 18.7. The number of aliphatic hydroxyl groups is 1. The molecule has 4 heterocycles. The van der Waals surface area contributed by atoms with Crippen LogP contribution in [0.1, 0.15) is 43.1 Å². The minimum Gasteiger partial charge on any atom is -0.387 e. The van der Waals surface area contributed by atoms with Crippen molar-refractivity contribution in [3.63, 3.8) is 0 Å². The number of alkyl halides is 2. The summed E-state index contributed by atoms with van der Waals surface area (Å²) in [5, 5.41) is 26.4. The SMILES string of the molecule is C[C@@H]1Cc2nn3c(c2CN1C(=O)Nc1ccnc(Br)c1F)C(F)(F)CCC(O)(CC#N)C3. The molecule has 0 saturated carbocycles. The van der Waals surface area contributed by atoms with Gasteiger partial charge in [0.1, 0.15) is 10.3 Å². The van der Waals surface area contributed by atoms with Gasteiger partial charge in [0.15, 0.2) is 5.82 Å². The first-order valence-corrected chi connectivity index (χ1v) is 10.8. The summed E-state index contributed by atoms with van der Waals surface area (Å²) >= 11 is 2.96. The number of pyridine rings is 1. The molecule has 0 aromatic carbocycles. The number of rotatable bonds is 2. The van der Waals surface area contributed by atoms with Crippen LogP contribution in [0, 0.1) is 17.1 Å². The third-order valence-corrected chi connectivity index (χ3v) is 6.49. The maximum atomic E-state index is 15.1. The number of nitrogens with zero attached hydrogens (tertiary/aromatic N) is 5. The van der Waals surface area contributed by atoms with Crippen molar-refractivity contribution >= 4 is 27.6 Å². The van der Waals surface area contributed by atoms with Gasteiger partial charge < -0.3 is 15.3 Å². The first-order chi connectivity index (χ1) is 15.0. The van der Waals surface area contributed by atoms with Gasteiger partial charge in [0, 0.05) is 30.6 Å². The van der Waals surface area contributed by atoms with Crippen molar-refractivity contribution in [2.45, 2.75) is 63.3 Å². The first-order valence-electron chi connectivity index (χ1n) is 9.98. The molecular formula is C20H20BrF3N6O2. The normalized spacial score (nSPS) is 24.2. The molecule has 0 spiro atoms. The van der Waals surface area contributed by atoms with Gasteiger partial charge in [0.05, 0.1) is 42.6 Å². The first kappa shape index (κ1) is 22.5. The Labute approximate surface area is 190 Å². The Hall–Kier alpha value is -2.65. The molecule has 2 aromatic heterocycles. The van der Waals surface area contributed by atoms with Crippen LogP contribution in [0.4, 0.5) is 23.7 Å². The van der Waals surface area contributed by atoms with Crippen LogP contribution >= 0.6 is 15.9 Å². The lowest BCUT2D eigenvalue weighted by Crippen LogP contribution is -2.45. The highest BCUT2D eigenvalue weighted by atomic mass is 79.9. The molecule has 0 radical (unpaired) electrons. The lowest BCUT2D eigenvalue weighted by atomic mass is 9.92. The van der Waals surface area contributed by atoms with Crippen molar-refractivity contribution in [3.8, 4) is 6.07 Å². The number of aromatic nitrogens is 3. The van der Waals surface area contributed by atoms with Crippen molar-refractivity contribution in [2.24, 2.45) is 0 Å². The van der Waals surface area contributed by atoms with Gasteiger partial charge in [-0.3, -0.25) is 4.68 Å². The summed E-state index contributed by atoms with van der Waals surface area (Å²) in [6, 6.07) is 2.12. The molecule has 12 heteroatoms. The number of carbonyl (C=O) groups is 1. The second kappa shape index (κ2) is 8.04. The van der Waals surface area contributed by atoms with Crippen LogP contribution in [0.2, 0.25) is 0 Å². The Kier molecular flexibility index (Phi) is 5.67. The lowest BCUT2D eigenvalue weighted by molar-refractivity contribution is -0.0395. The number of anilines is 1. The fourth-order valence-electron chi connectivity index (χ4n) is 4.25. The zero-order chi connectivity index (χ0) is 23.3. The molecule has 2 aliphatic rings. The standard InChI is InChI=1S/C20H20BrF3N6O2/c1-11-8-14-12(9-29(11)18(31)27-13-2-7-26-17(21)15(13)22)16-20(23,24)4-3-19(32,5-6-25)10-30(16)28-14/h2,7,11,32H,3-5,8-10H2,1H3,(H,26,27,31)/t11-,19?/m1/s1. The maximum Gasteiger partial charge on any atom is 0.322 e. The summed E-state index contributed by atoms with van der Waals surface area (Å²) in [6.07, 6.45) is 0.369. The molecule has 2 aromatic rings. The van der Waals surface area contributed by atoms with Crippen LogP contribution in [0.3, 0.4) is 0 Å². The molecule has 8 nitrogen and oxygen atoms in total. The molecule has 2 N–H and O–H groups in total. The van der Waals surface area contributed by atoms with E-state index in [4.69, 9.17) is 5.26 Å². The molecule has 4 rings (SSSR count). The highest BCUT2D eigenvalue weighted by Crippen LogP contribution is 2.43. The van der Waals surface area contributed by atoms with E-state index in [0.29, 0.717) is 5.69 Å². The smallest absolute Gasteiger partial charge is 0.322 e. The third-order valence-electron chi connectivity index (χ3n) is 5.94. The maximum absolute atomic E-state index is 15.1. The van der Waals surface area contributed by atoms with Crippen molar-refractivity contribution in [2.75, 3.05) is 5.32 Å². The van der Waals surface area contributed by atoms with Gasteiger partial charge in [-0.25, -0.2) is 14.2 Å². The number of nitriles is 1. The summed E-state index contributed by atoms with van der Waals surface area (Å²) in [4.78, 5) is 18.0. The number of urea groups is 1. The van der Waals surface area contributed by atoms with Gasteiger partial charge in [-0.1, -0.05) is 0 Å². The fraction of sp³-hybridized carbons (Fsp3) is 0.500. The summed E-state index contributed by atoms with van der Waals surface area (Å²) in [6.45, 7) is 1.38. The van der Waals surface area contributed by atoms with Gasteiger partial charge in [0.2, 0.25) is 0 Å². The molecule has 1 unspecified atom stereocenters. The number of fused-ring (bicyclic) bond motifs is 3. The Morgan fingerprint density at radius 2 is 2.22 bits per heavy atom. The second-order valence-corrected chi connectivity index (χ2v) is 9.02. The third kappa shape index (κ3) is 3.95. The molecule has 0 fully saturated rings. The molecule has 0 bridgehead atoms. The average molecular weight is 513 g/mol. The van der Waals surface area contributed by atoms with Crippen LogP contribution < -0.4 is 5.32 Å². The number of nitrogens with one attached hydrogen (secondary N) is 1. The van der Waals surface area contributed by atoms with Gasteiger partial charge in [0.25, 0.3) is 5.92 Å². The molecule has 2 atom stereocenters. The van der Waals surface area contributed by atoms with E-state index in [-0.39, 0.29) is 59.9 Å². The Morgan fingerprint density at radius 1 is 1.47 bits per heavy atom. The summed E-state index contributed by atoms with van der Waals surface area (Å²) < 4.78 is 45.4. The minimum atomic E-state index is -3.29. The number of hydrogen-bond donors (Lipinski definition) is 2. The topological polar surface area (TPSA) is 107 Å². The Bertz CT molecular complexity index is 1120. The van der Waals surface area contributed by atoms with E-state index in [1.807, 2.05) is 6.07 Å². The van der Waals surface area contributed by atoms with Gasteiger partial charge in [-0.05, 0) is 35.3 Å². The fourth-order valence-corrected chi connectivity index (χ4v) is 4.58. The van der Waals surface area contributed by atoms with Crippen molar-refractivity contribution < 1.29 is 23.1 Å². The van der Waals surface area contributed by atoms with Crippen LogP contribution in [0.25, 0.3) is 0 Å². The van der Waals surface area contributed by atoms with Gasteiger partial charge in [-0.15, -0.1) is 0 Å². The summed E-state index contributed by atoms with van der Waals surface area (Å²) in [5.74, 6) is -4.03. The molecule has 0 aliphatic carbocycles. The average Bonchev–Trinajstić information content (AvgIpc) is 3.02. The van der Waals surface area contributed by atoms with Gasteiger partial charge in [-0.2, -0.15) is 19.1 Å². The van der Waals surface area contributed by atoms with Crippen LogP contribution in [0.5, 0.6) is 0 Å². The van der Waals surface area contributed by atoms with Gasteiger partial charge >= 0.3 is 6.03 Å². The van der Waals surface area contributed by atoms with E-state index >= 15 is 8.78 Å². The molecular weight excluding hydrogens is 493 g/mol. The minimum absolute atomic E-state index is 0.0595. The highest BCUT2D eigenvalue weighted by molar-refractivity contribution is 9.10. The van der Waals surface area contributed by atoms with E-state index < -0.39 is 29.8 Å². The molecule has 2 amide bonds. The monoisotopic (exact) mass is 512 g/mol. The lowest BCUT2D eigenvalue weighted by Gasteiger charge is -2.33. The number of hydrogen-bond acceptors (Lipinski definition) is 5. The van der Waals surface area contributed by atoms with E-state index in [1.165, 1.54) is 17.2 Å². The van der Waals surface area contributed by atoms with Crippen molar-refractivity contribution in [1.82, 2.24) is 19.7 Å². The predicted molar refractivity (Wildman–Crippen MR) is 110 cm³/mol. The molecule has 2 aliphatic heterocycles. The number of amides is 2. The Balaban J connectivity index is 1.66. The zero-order valence-electron chi connectivity index (χ0n) is 17.1. The molecule has 170 valence electrons. The summed E-state index contributed by atoms with van der Waals surface area (Å²) in [5.41, 5.74) is -1.39. The largest absolute Gasteiger partial charge is 0.387 e. The van der Waals surface area contributed by atoms with Crippen LogP contribution in [0.15, 0.2) is 16.9 Å². The van der Waals surface area contributed by atoms with Crippen LogP contribution in [-0.2, 0) is 25.4 Å². The van der Waals surface area contributed by atoms with Crippen molar-refractivity contribution in [3.05, 3.63) is 39.6 Å². The quantitative estimate of drug-likeness (QED) is 0.596. The highest BCUT2D eigenvalue weighted by Gasteiger charge is 2.47. The predicted octanol–water partition coefficient (Wildman–Crippen LogP) is 3.69. The van der Waals surface area contributed by atoms with Crippen molar-refractivity contribution in [1.29, 1.82) is 5.26 Å². The van der Waals surface area contributed by atoms with E-state index in [0.717, 1.165) is 4.68 Å². The van der Waals surface area contributed by atoms with Crippen LogP contribution in [-0.4, -0.2) is 42.4 Å². The van der Waals surface area contributed by atoms with E-state index in [2.05, 4.69) is 31.3 Å². The van der Waals surface area contributed by atoms with E-state index in [9.17, 15) is 14.3 Å².